The number of nitrogens with zero attached hydrogens (tertiary/aromatic N) is 2. The van der Waals surface area contributed by atoms with E-state index in [1.807, 2.05) is 0 Å². The number of piperidine rings is 1. The van der Waals surface area contributed by atoms with Crippen LogP contribution in [0.2, 0.25) is 0 Å². The van der Waals surface area contributed by atoms with E-state index in [9.17, 15) is 13.2 Å². The molecule has 1 unspecified atom stereocenters. The van der Waals surface area contributed by atoms with Gasteiger partial charge in [0.15, 0.2) is 5.96 Å². The molecule has 1 fully saturated rings. The minimum atomic E-state index is -4.68. The summed E-state index contributed by atoms with van der Waals surface area (Å²) in [6.07, 6.45) is 1.38. The van der Waals surface area contributed by atoms with E-state index in [-0.39, 0.29) is 29.7 Å². The van der Waals surface area contributed by atoms with Gasteiger partial charge in [-0.3, -0.25) is 0 Å². The average molecular weight is 514 g/mol. The van der Waals surface area contributed by atoms with Crippen LogP contribution in [-0.2, 0) is 6.54 Å². The molecular weight excluding hydrogens is 484 g/mol. The number of benzene rings is 1. The van der Waals surface area contributed by atoms with Crippen LogP contribution in [0.15, 0.2) is 29.3 Å². The Labute approximate surface area is 181 Å². The largest absolute Gasteiger partial charge is 0.573 e. The zero-order valence-corrected chi connectivity index (χ0v) is 18.5. The van der Waals surface area contributed by atoms with E-state index < -0.39 is 6.36 Å². The van der Waals surface area contributed by atoms with Crippen LogP contribution in [0.5, 0.6) is 5.75 Å². The molecule has 5 nitrogen and oxygen atoms in total. The zero-order valence-electron chi connectivity index (χ0n) is 16.2. The third-order valence-corrected chi connectivity index (χ3v) is 4.71. The number of guanidine groups is 1. The van der Waals surface area contributed by atoms with Crippen molar-refractivity contribution in [3.05, 3.63) is 29.8 Å². The van der Waals surface area contributed by atoms with Gasteiger partial charge in [0.05, 0.1) is 6.54 Å². The maximum atomic E-state index is 12.1. The summed E-state index contributed by atoms with van der Waals surface area (Å²) < 4.78 is 40.2. The first kappa shape index (κ1) is 24.8. The Kier molecular flexibility index (Phi) is 10.9. The van der Waals surface area contributed by atoms with E-state index in [1.165, 1.54) is 50.1 Å². The summed E-state index contributed by atoms with van der Waals surface area (Å²) in [6, 6.07) is 6.30. The van der Waals surface area contributed by atoms with Gasteiger partial charge in [0.1, 0.15) is 5.75 Å². The zero-order chi connectivity index (χ0) is 19.7. The standard InChI is InChI=1S/C19H29F3N4O.HI/c1-15-6-2-4-12-26(15)13-5-3-11-24-18(23)25-14-16-7-9-17(10-8-16)27-19(20,21)22;/h7-10,15H,2-6,11-14H2,1H3,(H3,23,24,25);1H. The van der Waals surface area contributed by atoms with Gasteiger partial charge in [0.25, 0.3) is 0 Å². The SMILES string of the molecule is CC1CCCCN1CCCCNC(N)=NCc1ccc(OC(F)(F)F)cc1.I. The smallest absolute Gasteiger partial charge is 0.406 e. The summed E-state index contributed by atoms with van der Waals surface area (Å²) >= 11 is 0. The Balaban J connectivity index is 0.00000392. The van der Waals surface area contributed by atoms with Crippen LogP contribution in [-0.4, -0.2) is 42.9 Å². The van der Waals surface area contributed by atoms with Gasteiger partial charge in [-0.25, -0.2) is 4.99 Å². The maximum absolute atomic E-state index is 12.1. The van der Waals surface area contributed by atoms with Crippen LogP contribution in [0.3, 0.4) is 0 Å². The van der Waals surface area contributed by atoms with Crippen molar-refractivity contribution in [3.8, 4) is 5.75 Å². The molecule has 0 amide bonds. The van der Waals surface area contributed by atoms with Crippen molar-refractivity contribution in [2.24, 2.45) is 10.7 Å². The van der Waals surface area contributed by atoms with Crippen molar-refractivity contribution in [1.29, 1.82) is 0 Å². The van der Waals surface area contributed by atoms with E-state index in [1.54, 1.807) is 0 Å². The minimum absolute atomic E-state index is 0. The highest BCUT2D eigenvalue weighted by atomic mass is 127. The first-order valence-corrected chi connectivity index (χ1v) is 9.46. The molecular formula is C19H30F3IN4O. The lowest BCUT2D eigenvalue weighted by atomic mass is 10.0. The topological polar surface area (TPSA) is 62.9 Å². The lowest BCUT2D eigenvalue weighted by molar-refractivity contribution is -0.274. The predicted octanol–water partition coefficient (Wildman–Crippen LogP) is 4.26. The number of nitrogens with two attached hydrogens (primary N) is 1. The number of ether oxygens (including phenoxy) is 1. The number of hydrogen-bond donors (Lipinski definition) is 2. The van der Waals surface area contributed by atoms with E-state index in [4.69, 9.17) is 5.73 Å². The molecule has 9 heteroatoms. The van der Waals surface area contributed by atoms with Crippen molar-refractivity contribution in [1.82, 2.24) is 10.2 Å². The fraction of sp³-hybridized carbons (Fsp3) is 0.632. The third kappa shape index (κ3) is 9.81. The molecule has 1 aromatic rings. The van der Waals surface area contributed by atoms with Crippen molar-refractivity contribution >= 4 is 29.9 Å². The monoisotopic (exact) mass is 514 g/mol. The first-order chi connectivity index (χ1) is 12.8. The van der Waals surface area contributed by atoms with Crippen LogP contribution in [0.1, 0.15) is 44.6 Å². The fourth-order valence-electron chi connectivity index (χ4n) is 3.18. The highest BCUT2D eigenvalue weighted by molar-refractivity contribution is 14.0. The first-order valence-electron chi connectivity index (χ1n) is 9.46. The molecule has 1 aliphatic rings. The summed E-state index contributed by atoms with van der Waals surface area (Å²) in [5, 5.41) is 3.08. The number of unbranched alkanes of at least 4 members (excludes halogenated alkanes) is 1. The summed E-state index contributed by atoms with van der Waals surface area (Å²) in [7, 11) is 0. The number of rotatable bonds is 8. The normalized spacial score (nSPS) is 18.4. The lowest BCUT2D eigenvalue weighted by Gasteiger charge is -2.33. The average Bonchev–Trinajstić information content (AvgIpc) is 2.61. The minimum Gasteiger partial charge on any atom is -0.406 e. The molecule has 1 aromatic carbocycles. The number of nitrogens with one attached hydrogen (secondary N) is 1. The van der Waals surface area contributed by atoms with Crippen LogP contribution < -0.4 is 15.8 Å². The second kappa shape index (κ2) is 12.4. The Morgan fingerprint density at radius 3 is 2.61 bits per heavy atom. The van der Waals surface area contributed by atoms with Gasteiger partial charge in [-0.15, -0.1) is 37.1 Å². The predicted molar refractivity (Wildman–Crippen MR) is 116 cm³/mol. The summed E-state index contributed by atoms with van der Waals surface area (Å²) in [5.74, 6) is 0.0984. The van der Waals surface area contributed by atoms with Gasteiger partial charge in [-0.1, -0.05) is 18.6 Å². The number of halogens is 4. The van der Waals surface area contributed by atoms with Gasteiger partial charge in [-0.05, 0) is 63.4 Å². The molecule has 1 heterocycles. The molecule has 1 atom stereocenters. The van der Waals surface area contributed by atoms with Crippen LogP contribution >= 0.6 is 24.0 Å². The molecule has 3 N–H and O–H groups in total. The lowest BCUT2D eigenvalue weighted by Crippen LogP contribution is -2.38. The quantitative estimate of drug-likeness (QED) is 0.236. The Morgan fingerprint density at radius 1 is 1.25 bits per heavy atom. The second-order valence-corrected chi connectivity index (χ2v) is 6.91. The molecule has 28 heavy (non-hydrogen) atoms. The van der Waals surface area contributed by atoms with Crippen molar-refractivity contribution < 1.29 is 17.9 Å². The van der Waals surface area contributed by atoms with E-state index in [0.717, 1.165) is 31.5 Å². The molecule has 0 spiro atoms. The van der Waals surface area contributed by atoms with Gasteiger partial charge >= 0.3 is 6.36 Å². The molecule has 160 valence electrons. The van der Waals surface area contributed by atoms with Crippen molar-refractivity contribution in [2.45, 2.75) is 58.0 Å². The Hall–Kier alpha value is -1.23. The highest BCUT2D eigenvalue weighted by Crippen LogP contribution is 2.22. The van der Waals surface area contributed by atoms with Gasteiger partial charge in [0, 0.05) is 12.6 Å². The van der Waals surface area contributed by atoms with Crippen molar-refractivity contribution in [3.63, 3.8) is 0 Å². The second-order valence-electron chi connectivity index (χ2n) is 6.91. The number of alkyl halides is 3. The van der Waals surface area contributed by atoms with Gasteiger partial charge in [0.2, 0.25) is 0 Å². The third-order valence-electron chi connectivity index (χ3n) is 4.71. The summed E-state index contributed by atoms with van der Waals surface area (Å²) in [4.78, 5) is 6.76. The van der Waals surface area contributed by atoms with Crippen LogP contribution in [0.4, 0.5) is 13.2 Å². The Morgan fingerprint density at radius 2 is 1.96 bits per heavy atom. The molecule has 1 saturated heterocycles. The molecule has 0 aromatic heterocycles. The highest BCUT2D eigenvalue weighted by Gasteiger charge is 2.30. The molecule has 2 rings (SSSR count). The van der Waals surface area contributed by atoms with Crippen LogP contribution in [0.25, 0.3) is 0 Å². The molecule has 0 radical (unpaired) electrons. The van der Waals surface area contributed by atoms with Crippen molar-refractivity contribution in [2.75, 3.05) is 19.6 Å². The number of hydrogen-bond acceptors (Lipinski definition) is 3. The Bertz CT molecular complexity index is 596. The van der Waals surface area contributed by atoms with E-state index >= 15 is 0 Å². The molecule has 0 bridgehead atoms. The summed E-state index contributed by atoms with van der Waals surface area (Å²) in [6.45, 7) is 5.67. The van der Waals surface area contributed by atoms with Gasteiger partial charge in [-0.2, -0.15) is 0 Å². The molecule has 0 aliphatic carbocycles. The van der Waals surface area contributed by atoms with Gasteiger partial charge < -0.3 is 20.7 Å². The van der Waals surface area contributed by atoms with Crippen LogP contribution in [0, 0.1) is 0 Å². The number of aliphatic imine (C=N–C) groups is 1. The molecule has 1 aliphatic heterocycles. The maximum Gasteiger partial charge on any atom is 0.573 e. The van der Waals surface area contributed by atoms with E-state index in [0.29, 0.717) is 18.5 Å². The number of likely N-dealkylation sites (tertiary alicyclic amines) is 1. The fourth-order valence-corrected chi connectivity index (χ4v) is 3.18. The molecule has 0 saturated carbocycles. The summed E-state index contributed by atoms with van der Waals surface area (Å²) in [5.41, 5.74) is 6.59. The van der Waals surface area contributed by atoms with E-state index in [2.05, 4.69) is 26.9 Å².